The largest absolute Gasteiger partial charge is 0.360 e. The molecule has 160 valence electrons. The Kier molecular flexibility index (Phi) is 5.41. The van der Waals surface area contributed by atoms with Gasteiger partial charge in [-0.15, -0.1) is 0 Å². The van der Waals surface area contributed by atoms with E-state index >= 15 is 0 Å². The van der Waals surface area contributed by atoms with E-state index < -0.39 is 5.91 Å². The van der Waals surface area contributed by atoms with Gasteiger partial charge in [-0.3, -0.25) is 19.4 Å². The van der Waals surface area contributed by atoms with E-state index in [2.05, 4.69) is 17.4 Å². The summed E-state index contributed by atoms with van der Waals surface area (Å²) in [4.78, 5) is 30.9. The van der Waals surface area contributed by atoms with Crippen LogP contribution >= 0.6 is 0 Å². The van der Waals surface area contributed by atoms with Crippen LogP contribution in [-0.4, -0.2) is 25.0 Å². The zero-order valence-corrected chi connectivity index (χ0v) is 17.7. The molecule has 0 aliphatic heterocycles. The van der Waals surface area contributed by atoms with Crippen LogP contribution in [0.25, 0.3) is 16.7 Å². The van der Waals surface area contributed by atoms with E-state index in [1.807, 2.05) is 13.0 Å². The summed E-state index contributed by atoms with van der Waals surface area (Å²) in [7, 11) is 0. The second-order valence-electron chi connectivity index (χ2n) is 7.58. The Labute approximate surface area is 177 Å². The molecule has 0 bridgehead atoms. The maximum atomic E-state index is 13.3. The van der Waals surface area contributed by atoms with E-state index in [-0.39, 0.29) is 27.8 Å². The first-order valence-electron chi connectivity index (χ1n) is 10.3. The fraction of sp³-hybridized carbons (Fsp3) is 0.318. The van der Waals surface area contributed by atoms with Gasteiger partial charge in [0.15, 0.2) is 5.82 Å². The van der Waals surface area contributed by atoms with Crippen LogP contribution in [0.2, 0.25) is 0 Å². The highest BCUT2D eigenvalue weighted by molar-refractivity contribution is 6.05. The fourth-order valence-corrected chi connectivity index (χ4v) is 3.62. The summed E-state index contributed by atoms with van der Waals surface area (Å²) in [5, 5.41) is 15.4. The van der Waals surface area contributed by atoms with Crippen LogP contribution in [0.15, 0.2) is 39.8 Å². The Morgan fingerprint density at radius 1 is 1.23 bits per heavy atom. The molecule has 2 N–H and O–H groups in total. The summed E-state index contributed by atoms with van der Waals surface area (Å²) in [6.07, 6.45) is 4.44. The molecular formula is C22H24N6O3. The van der Waals surface area contributed by atoms with Crippen molar-refractivity contribution in [1.82, 2.24) is 19.1 Å². The number of hydrogen-bond acceptors (Lipinski definition) is 6. The highest BCUT2D eigenvalue weighted by Crippen LogP contribution is 2.15. The number of nitrogens with zero attached hydrogens (tertiary/aromatic N) is 4. The van der Waals surface area contributed by atoms with E-state index in [1.54, 1.807) is 29.8 Å². The van der Waals surface area contributed by atoms with E-state index in [9.17, 15) is 9.59 Å². The van der Waals surface area contributed by atoms with Crippen LogP contribution < -0.4 is 16.4 Å². The molecule has 0 aliphatic rings. The molecule has 0 aromatic carbocycles. The van der Waals surface area contributed by atoms with Crippen molar-refractivity contribution in [2.24, 2.45) is 0 Å². The maximum Gasteiger partial charge on any atom is 0.267 e. The summed E-state index contributed by atoms with van der Waals surface area (Å²) in [6.45, 7) is 6.19. The van der Waals surface area contributed by atoms with Crippen molar-refractivity contribution < 1.29 is 9.32 Å². The smallest absolute Gasteiger partial charge is 0.267 e. The predicted molar refractivity (Wildman–Crippen MR) is 116 cm³/mol. The van der Waals surface area contributed by atoms with Crippen LogP contribution in [0.5, 0.6) is 0 Å². The van der Waals surface area contributed by atoms with Crippen LogP contribution in [0.3, 0.4) is 0 Å². The van der Waals surface area contributed by atoms with Gasteiger partial charge in [-0.05, 0) is 38.0 Å². The molecule has 9 nitrogen and oxygen atoms in total. The molecule has 4 heterocycles. The number of nitrogens with one attached hydrogen (secondary N) is 2. The van der Waals surface area contributed by atoms with Crippen LogP contribution in [-0.2, 0) is 6.54 Å². The summed E-state index contributed by atoms with van der Waals surface area (Å²) < 4.78 is 8.12. The fourth-order valence-electron chi connectivity index (χ4n) is 3.62. The molecule has 4 rings (SSSR count). The van der Waals surface area contributed by atoms with E-state index in [0.717, 1.165) is 24.8 Å². The first-order valence-corrected chi connectivity index (χ1v) is 10.3. The van der Waals surface area contributed by atoms with Gasteiger partial charge < -0.3 is 14.4 Å². The lowest BCUT2D eigenvalue weighted by Gasteiger charge is -2.15. The number of rotatable bonds is 6. The number of amides is 1. The standard InChI is InChI=1S/C22H24N6O3/c1-4-5-6-9-27-18(23)15(21(29)24-17-11-14(3)31-26-17)12-16-20(27)25-19-13(2)8-7-10-28(19)22(16)30/h7-8,10-12,23H,4-6,9H2,1-3H3,(H,24,26,29). The third-order valence-electron chi connectivity index (χ3n) is 5.23. The summed E-state index contributed by atoms with van der Waals surface area (Å²) in [6, 6.07) is 6.70. The van der Waals surface area contributed by atoms with Gasteiger partial charge in [-0.25, -0.2) is 4.98 Å². The minimum Gasteiger partial charge on any atom is -0.360 e. The molecule has 0 unspecified atom stereocenters. The van der Waals surface area contributed by atoms with Crippen molar-refractivity contribution in [3.05, 3.63) is 63.2 Å². The van der Waals surface area contributed by atoms with Crippen molar-refractivity contribution in [2.75, 3.05) is 5.32 Å². The summed E-state index contributed by atoms with van der Waals surface area (Å²) in [5.41, 5.74) is 1.62. The molecule has 0 spiro atoms. The number of hydrogen-bond donors (Lipinski definition) is 2. The molecule has 4 aromatic rings. The van der Waals surface area contributed by atoms with Gasteiger partial charge in [0.2, 0.25) is 0 Å². The lowest BCUT2D eigenvalue weighted by atomic mass is 10.1. The first kappa shape index (κ1) is 20.5. The Hall–Kier alpha value is -3.75. The van der Waals surface area contributed by atoms with Crippen molar-refractivity contribution >= 4 is 28.4 Å². The second-order valence-corrected chi connectivity index (χ2v) is 7.58. The Balaban J connectivity index is 1.94. The number of carbonyl (C=O) groups excluding carboxylic acids is 1. The number of fused-ring (bicyclic) bond motifs is 2. The summed E-state index contributed by atoms with van der Waals surface area (Å²) >= 11 is 0. The average Bonchev–Trinajstić information content (AvgIpc) is 3.15. The third kappa shape index (κ3) is 3.74. The third-order valence-corrected chi connectivity index (χ3v) is 5.23. The second kappa shape index (κ2) is 8.17. The molecule has 31 heavy (non-hydrogen) atoms. The highest BCUT2D eigenvalue weighted by Gasteiger charge is 2.19. The quantitative estimate of drug-likeness (QED) is 0.367. The number of pyridine rings is 2. The lowest BCUT2D eigenvalue weighted by molar-refractivity contribution is 0.102. The topological polar surface area (TPSA) is 118 Å². The molecule has 0 radical (unpaired) electrons. The first-order chi connectivity index (χ1) is 14.9. The van der Waals surface area contributed by atoms with Gasteiger partial charge in [-0.2, -0.15) is 0 Å². The van der Waals surface area contributed by atoms with Crippen LogP contribution in [0.1, 0.15) is 47.9 Å². The molecule has 0 atom stereocenters. The number of unbranched alkanes of at least 4 members (excludes halogenated alkanes) is 2. The number of aromatic nitrogens is 4. The average molecular weight is 420 g/mol. The van der Waals surface area contributed by atoms with Gasteiger partial charge in [0.1, 0.15) is 22.5 Å². The Morgan fingerprint density at radius 3 is 2.74 bits per heavy atom. The lowest BCUT2D eigenvalue weighted by Crippen LogP contribution is -2.32. The van der Waals surface area contributed by atoms with Crippen LogP contribution in [0.4, 0.5) is 5.82 Å². The zero-order chi connectivity index (χ0) is 22.1. The molecule has 4 aromatic heterocycles. The number of anilines is 1. The maximum absolute atomic E-state index is 13.3. The van der Waals surface area contributed by atoms with E-state index in [0.29, 0.717) is 23.6 Å². The Bertz CT molecular complexity index is 1410. The van der Waals surface area contributed by atoms with Gasteiger partial charge in [0.05, 0.1) is 10.9 Å². The van der Waals surface area contributed by atoms with Crippen molar-refractivity contribution in [3.8, 4) is 0 Å². The SMILES string of the molecule is CCCCCn1c(=N)c(C(=O)Nc2cc(C)on2)cc2c(=O)n3cccc(C)c3nc21. The minimum absolute atomic E-state index is 0.00570. The highest BCUT2D eigenvalue weighted by atomic mass is 16.5. The molecule has 0 fully saturated rings. The molecule has 1 amide bonds. The zero-order valence-electron chi connectivity index (χ0n) is 17.7. The van der Waals surface area contributed by atoms with Gasteiger partial charge in [0.25, 0.3) is 11.5 Å². The molecule has 9 heteroatoms. The van der Waals surface area contributed by atoms with Crippen molar-refractivity contribution in [3.63, 3.8) is 0 Å². The Morgan fingerprint density at radius 2 is 2.03 bits per heavy atom. The monoisotopic (exact) mass is 420 g/mol. The van der Waals surface area contributed by atoms with E-state index in [4.69, 9.17) is 14.9 Å². The van der Waals surface area contributed by atoms with Crippen molar-refractivity contribution in [2.45, 2.75) is 46.6 Å². The summed E-state index contributed by atoms with van der Waals surface area (Å²) in [5.74, 6) is 0.278. The number of aryl methyl sites for hydroxylation is 3. The predicted octanol–water partition coefficient (Wildman–Crippen LogP) is 3.18. The van der Waals surface area contributed by atoms with Gasteiger partial charge in [0, 0.05) is 18.8 Å². The number of carbonyl (C=O) groups is 1. The normalized spacial score (nSPS) is 11.3. The minimum atomic E-state index is -0.529. The van der Waals surface area contributed by atoms with Gasteiger partial charge >= 0.3 is 0 Å². The van der Waals surface area contributed by atoms with Crippen LogP contribution in [0, 0.1) is 19.3 Å². The van der Waals surface area contributed by atoms with Crippen molar-refractivity contribution in [1.29, 1.82) is 5.41 Å². The molecule has 0 saturated heterocycles. The molecule has 0 aliphatic carbocycles. The van der Waals surface area contributed by atoms with Gasteiger partial charge in [-0.1, -0.05) is 31.0 Å². The molecule has 0 saturated carbocycles. The van der Waals surface area contributed by atoms with E-state index in [1.165, 1.54) is 10.5 Å². The molecular weight excluding hydrogens is 396 g/mol.